The molecule has 1 heteroatoms. The van der Waals surface area contributed by atoms with Crippen molar-refractivity contribution >= 4 is 0 Å². The van der Waals surface area contributed by atoms with Crippen LogP contribution in [0.4, 0.5) is 0 Å². The summed E-state index contributed by atoms with van der Waals surface area (Å²) in [4.78, 5) is 0. The van der Waals surface area contributed by atoms with Crippen LogP contribution in [0.1, 0.15) is 18.4 Å². The SMILES string of the molecule is OCC=CCCCc1ccccc1. The molecule has 1 nitrogen and oxygen atoms in total. The van der Waals surface area contributed by atoms with Crippen molar-refractivity contribution in [3.05, 3.63) is 48.0 Å². The molecule has 1 aromatic carbocycles. The van der Waals surface area contributed by atoms with Gasteiger partial charge in [-0.1, -0.05) is 42.5 Å². The Bertz CT molecular complexity index is 239. The first-order valence-electron chi connectivity index (χ1n) is 4.73. The summed E-state index contributed by atoms with van der Waals surface area (Å²) in [6.45, 7) is 0.158. The Morgan fingerprint density at radius 1 is 1.08 bits per heavy atom. The predicted octanol–water partition coefficient (Wildman–Crippen LogP) is 2.56. The summed E-state index contributed by atoms with van der Waals surface area (Å²) in [5.41, 5.74) is 1.39. The molecular weight excluding hydrogens is 160 g/mol. The van der Waals surface area contributed by atoms with Crippen molar-refractivity contribution in [1.29, 1.82) is 0 Å². The highest BCUT2D eigenvalue weighted by Crippen LogP contribution is 2.04. The van der Waals surface area contributed by atoms with Crippen LogP contribution < -0.4 is 0 Å². The molecule has 1 N–H and O–H groups in total. The summed E-state index contributed by atoms with van der Waals surface area (Å²) in [5, 5.41) is 8.50. The van der Waals surface area contributed by atoms with Crippen LogP contribution in [0.2, 0.25) is 0 Å². The lowest BCUT2D eigenvalue weighted by molar-refractivity contribution is 0.342. The number of aryl methyl sites for hydroxylation is 1. The van der Waals surface area contributed by atoms with Crippen LogP contribution in [0.15, 0.2) is 42.5 Å². The van der Waals surface area contributed by atoms with E-state index in [1.807, 2.05) is 12.1 Å². The molecule has 0 aliphatic heterocycles. The molecule has 0 aromatic heterocycles. The van der Waals surface area contributed by atoms with Gasteiger partial charge in [0.1, 0.15) is 0 Å². The van der Waals surface area contributed by atoms with Crippen molar-refractivity contribution in [2.75, 3.05) is 6.61 Å². The Hall–Kier alpha value is -1.08. The maximum atomic E-state index is 8.50. The first kappa shape index (κ1) is 10.0. The maximum absolute atomic E-state index is 8.50. The van der Waals surface area contributed by atoms with Crippen molar-refractivity contribution in [3.8, 4) is 0 Å². The van der Waals surface area contributed by atoms with Gasteiger partial charge >= 0.3 is 0 Å². The fourth-order valence-corrected chi connectivity index (χ4v) is 1.26. The van der Waals surface area contributed by atoms with Gasteiger partial charge in [0.15, 0.2) is 0 Å². The fourth-order valence-electron chi connectivity index (χ4n) is 1.26. The largest absolute Gasteiger partial charge is 0.392 e. The van der Waals surface area contributed by atoms with Gasteiger partial charge in [-0.25, -0.2) is 0 Å². The molecule has 0 saturated heterocycles. The van der Waals surface area contributed by atoms with E-state index in [4.69, 9.17) is 5.11 Å². The molecule has 0 aliphatic rings. The van der Waals surface area contributed by atoms with E-state index in [1.165, 1.54) is 5.56 Å². The molecule has 0 unspecified atom stereocenters. The van der Waals surface area contributed by atoms with Gasteiger partial charge in [-0.05, 0) is 24.8 Å². The summed E-state index contributed by atoms with van der Waals surface area (Å²) in [7, 11) is 0. The van der Waals surface area contributed by atoms with Gasteiger partial charge < -0.3 is 5.11 Å². The second-order valence-corrected chi connectivity index (χ2v) is 3.03. The number of aliphatic hydroxyl groups excluding tert-OH is 1. The highest BCUT2D eigenvalue weighted by molar-refractivity contribution is 5.14. The van der Waals surface area contributed by atoms with Crippen LogP contribution >= 0.6 is 0 Å². The lowest BCUT2D eigenvalue weighted by Gasteiger charge is -1.97. The number of allylic oxidation sites excluding steroid dienone is 1. The van der Waals surface area contributed by atoms with E-state index >= 15 is 0 Å². The first-order chi connectivity index (χ1) is 6.43. The minimum atomic E-state index is 0.158. The molecular formula is C12H16O. The molecule has 70 valence electrons. The van der Waals surface area contributed by atoms with Crippen LogP contribution in [0.25, 0.3) is 0 Å². The summed E-state index contributed by atoms with van der Waals surface area (Å²) in [5.74, 6) is 0. The quantitative estimate of drug-likeness (QED) is 0.540. The Kier molecular flexibility index (Phi) is 4.95. The maximum Gasteiger partial charge on any atom is 0.0612 e. The first-order valence-corrected chi connectivity index (χ1v) is 4.73. The van der Waals surface area contributed by atoms with E-state index in [2.05, 4.69) is 24.3 Å². The summed E-state index contributed by atoms with van der Waals surface area (Å²) in [6.07, 6.45) is 7.15. The number of hydrogen-bond acceptors (Lipinski definition) is 1. The standard InChI is InChI=1S/C12H16O/c13-11-7-2-1-4-8-12-9-5-3-6-10-12/h2-3,5-7,9-10,13H,1,4,8,11H2. The van der Waals surface area contributed by atoms with Crippen LogP contribution in [0.5, 0.6) is 0 Å². The lowest BCUT2D eigenvalue weighted by Crippen LogP contribution is -1.83. The lowest BCUT2D eigenvalue weighted by atomic mass is 10.1. The van der Waals surface area contributed by atoms with Crippen LogP contribution in [-0.4, -0.2) is 11.7 Å². The summed E-state index contributed by atoms with van der Waals surface area (Å²) in [6, 6.07) is 10.5. The van der Waals surface area contributed by atoms with Crippen molar-refractivity contribution in [2.45, 2.75) is 19.3 Å². The second kappa shape index (κ2) is 6.44. The molecule has 0 atom stereocenters. The van der Waals surface area contributed by atoms with Gasteiger partial charge in [0.2, 0.25) is 0 Å². The van der Waals surface area contributed by atoms with Crippen LogP contribution in [0.3, 0.4) is 0 Å². The van der Waals surface area contributed by atoms with Gasteiger partial charge in [-0.15, -0.1) is 0 Å². The van der Waals surface area contributed by atoms with E-state index < -0.39 is 0 Å². The van der Waals surface area contributed by atoms with Gasteiger partial charge in [-0.3, -0.25) is 0 Å². The Morgan fingerprint density at radius 2 is 1.85 bits per heavy atom. The van der Waals surface area contributed by atoms with Crippen molar-refractivity contribution < 1.29 is 5.11 Å². The van der Waals surface area contributed by atoms with E-state index in [0.29, 0.717) is 0 Å². The highest BCUT2D eigenvalue weighted by Gasteiger charge is 1.88. The number of unbranched alkanes of at least 4 members (excludes halogenated alkanes) is 1. The topological polar surface area (TPSA) is 20.2 Å². The second-order valence-electron chi connectivity index (χ2n) is 3.03. The van der Waals surface area contributed by atoms with Gasteiger partial charge in [0.25, 0.3) is 0 Å². The third-order valence-electron chi connectivity index (χ3n) is 1.95. The van der Waals surface area contributed by atoms with Crippen LogP contribution in [-0.2, 0) is 6.42 Å². The Morgan fingerprint density at radius 3 is 2.54 bits per heavy atom. The average Bonchev–Trinajstić information content (AvgIpc) is 2.19. The normalized spacial score (nSPS) is 10.8. The number of benzene rings is 1. The molecule has 1 rings (SSSR count). The minimum Gasteiger partial charge on any atom is -0.392 e. The highest BCUT2D eigenvalue weighted by atomic mass is 16.2. The Balaban J connectivity index is 2.17. The van der Waals surface area contributed by atoms with Crippen molar-refractivity contribution in [3.63, 3.8) is 0 Å². The van der Waals surface area contributed by atoms with E-state index in [1.54, 1.807) is 6.08 Å². The molecule has 0 fully saturated rings. The van der Waals surface area contributed by atoms with Gasteiger partial charge in [0, 0.05) is 0 Å². The molecule has 0 radical (unpaired) electrons. The van der Waals surface area contributed by atoms with E-state index in [0.717, 1.165) is 19.3 Å². The molecule has 0 saturated carbocycles. The molecule has 0 spiro atoms. The van der Waals surface area contributed by atoms with E-state index in [9.17, 15) is 0 Å². The zero-order valence-corrected chi connectivity index (χ0v) is 7.82. The summed E-state index contributed by atoms with van der Waals surface area (Å²) >= 11 is 0. The molecule has 1 aromatic rings. The monoisotopic (exact) mass is 176 g/mol. The fraction of sp³-hybridized carbons (Fsp3) is 0.333. The summed E-state index contributed by atoms with van der Waals surface area (Å²) < 4.78 is 0. The van der Waals surface area contributed by atoms with Gasteiger partial charge in [0.05, 0.1) is 6.61 Å². The molecule has 0 aliphatic carbocycles. The number of rotatable bonds is 5. The third-order valence-corrected chi connectivity index (χ3v) is 1.95. The third kappa shape index (κ3) is 4.48. The molecule has 0 bridgehead atoms. The number of hydrogen-bond donors (Lipinski definition) is 1. The zero-order chi connectivity index (χ0) is 9.36. The van der Waals surface area contributed by atoms with Crippen molar-refractivity contribution in [1.82, 2.24) is 0 Å². The van der Waals surface area contributed by atoms with Crippen molar-refractivity contribution in [2.24, 2.45) is 0 Å². The van der Waals surface area contributed by atoms with E-state index in [-0.39, 0.29) is 6.61 Å². The molecule has 0 amide bonds. The van der Waals surface area contributed by atoms with Gasteiger partial charge in [-0.2, -0.15) is 0 Å². The zero-order valence-electron chi connectivity index (χ0n) is 7.82. The smallest absolute Gasteiger partial charge is 0.0612 e. The molecule has 0 heterocycles. The average molecular weight is 176 g/mol. The Labute approximate surface area is 79.7 Å². The number of aliphatic hydroxyl groups is 1. The molecule has 13 heavy (non-hydrogen) atoms. The predicted molar refractivity (Wildman–Crippen MR) is 55.6 cm³/mol. The minimum absolute atomic E-state index is 0.158. The van der Waals surface area contributed by atoms with Crippen LogP contribution in [0, 0.1) is 0 Å².